The smallest absolute Gasteiger partial charge is 0.306 e. The molecule has 0 spiro atoms. The van der Waals surface area contributed by atoms with Gasteiger partial charge in [-0.3, -0.25) is 9.10 Å². The predicted octanol–water partition coefficient (Wildman–Crippen LogP) is 3.27. The zero-order valence-corrected chi connectivity index (χ0v) is 18.1. The summed E-state index contributed by atoms with van der Waals surface area (Å²) in [7, 11) is -3.83. The van der Waals surface area contributed by atoms with Crippen LogP contribution in [0.5, 0.6) is 0 Å². The largest absolute Gasteiger partial charge is 0.333 e. The van der Waals surface area contributed by atoms with Gasteiger partial charge in [0, 0.05) is 11.9 Å². The highest BCUT2D eigenvalue weighted by Gasteiger charge is 2.29. The number of benzene rings is 2. The molecule has 0 saturated carbocycles. The Morgan fingerprint density at radius 2 is 1.74 bits per heavy atom. The fourth-order valence-electron chi connectivity index (χ4n) is 3.97. The van der Waals surface area contributed by atoms with E-state index in [1.54, 1.807) is 24.3 Å². The SMILES string of the molecule is O=c1[nH]c2ccccc2c(=O)n1-c1csc(S(=O)(=O)N2CCCCc3ccccc32)c1. The van der Waals surface area contributed by atoms with E-state index in [9.17, 15) is 18.0 Å². The number of aromatic amines is 1. The summed E-state index contributed by atoms with van der Waals surface area (Å²) >= 11 is 1.01. The molecule has 2 aromatic heterocycles. The van der Waals surface area contributed by atoms with Crippen LogP contribution < -0.4 is 15.6 Å². The molecule has 0 atom stereocenters. The van der Waals surface area contributed by atoms with E-state index in [1.807, 2.05) is 24.3 Å². The van der Waals surface area contributed by atoms with Gasteiger partial charge in [-0.15, -0.1) is 11.3 Å². The standard InChI is InChI=1S/C22H19N3O4S2/c26-21-17-9-2-3-10-18(17)23-22(27)25(21)16-13-20(30-14-16)31(28,29)24-12-6-5-8-15-7-1-4-11-19(15)24/h1-4,7,9-11,13-14H,5-6,8,12H2,(H,23,27). The summed E-state index contributed by atoms with van der Waals surface area (Å²) in [6, 6.07) is 15.7. The van der Waals surface area contributed by atoms with Crippen molar-refractivity contribution in [2.75, 3.05) is 10.8 Å². The van der Waals surface area contributed by atoms with Crippen LogP contribution in [0.3, 0.4) is 0 Å². The highest BCUT2D eigenvalue weighted by molar-refractivity contribution is 7.94. The summed E-state index contributed by atoms with van der Waals surface area (Å²) in [6.07, 6.45) is 2.51. The van der Waals surface area contributed by atoms with Crippen LogP contribution in [0, 0.1) is 0 Å². The van der Waals surface area contributed by atoms with E-state index < -0.39 is 21.3 Å². The molecule has 3 heterocycles. The molecular formula is C22H19N3O4S2. The first-order chi connectivity index (χ1) is 15.0. The number of hydrogen-bond donors (Lipinski definition) is 1. The Labute approximate surface area is 182 Å². The molecule has 0 radical (unpaired) electrons. The number of thiophene rings is 1. The quantitative estimate of drug-likeness (QED) is 0.515. The summed E-state index contributed by atoms with van der Waals surface area (Å²) in [4.78, 5) is 28.2. The molecule has 1 aliphatic rings. The molecule has 0 bridgehead atoms. The van der Waals surface area contributed by atoms with Gasteiger partial charge in [0.15, 0.2) is 0 Å². The van der Waals surface area contributed by atoms with Crippen LogP contribution in [0.25, 0.3) is 16.6 Å². The van der Waals surface area contributed by atoms with Gasteiger partial charge >= 0.3 is 5.69 Å². The Hall–Kier alpha value is -3.17. The molecule has 0 fully saturated rings. The molecule has 5 rings (SSSR count). The predicted molar refractivity (Wildman–Crippen MR) is 122 cm³/mol. The maximum Gasteiger partial charge on any atom is 0.333 e. The number of rotatable bonds is 3. The van der Waals surface area contributed by atoms with Crippen LogP contribution in [0.15, 0.2) is 73.8 Å². The number of aryl methyl sites for hydroxylation is 1. The lowest BCUT2D eigenvalue weighted by molar-refractivity contribution is 0.591. The van der Waals surface area contributed by atoms with E-state index in [-0.39, 0.29) is 9.90 Å². The summed E-state index contributed by atoms with van der Waals surface area (Å²) < 4.78 is 29.5. The van der Waals surface area contributed by atoms with Crippen LogP contribution in [0.1, 0.15) is 18.4 Å². The Balaban J connectivity index is 1.61. The molecule has 0 amide bonds. The third-order valence-electron chi connectivity index (χ3n) is 5.49. The first kappa shape index (κ1) is 19.8. The number of nitrogens with one attached hydrogen (secondary N) is 1. The molecule has 0 aliphatic carbocycles. The Morgan fingerprint density at radius 3 is 2.61 bits per heavy atom. The third-order valence-corrected chi connectivity index (χ3v) is 8.70. The highest BCUT2D eigenvalue weighted by Crippen LogP contribution is 2.33. The van der Waals surface area contributed by atoms with E-state index in [0.29, 0.717) is 23.1 Å². The van der Waals surface area contributed by atoms with Gasteiger partial charge in [-0.2, -0.15) is 0 Å². The highest BCUT2D eigenvalue weighted by atomic mass is 32.2. The van der Waals surface area contributed by atoms with Gasteiger partial charge in [0.1, 0.15) is 4.21 Å². The first-order valence-corrected chi connectivity index (χ1v) is 12.2. The van der Waals surface area contributed by atoms with Crippen molar-refractivity contribution in [2.45, 2.75) is 23.5 Å². The Bertz CT molecular complexity index is 1520. The van der Waals surface area contributed by atoms with Gasteiger partial charge in [0.25, 0.3) is 15.6 Å². The minimum atomic E-state index is -3.83. The topological polar surface area (TPSA) is 92.2 Å². The molecular weight excluding hydrogens is 434 g/mol. The molecule has 0 saturated heterocycles. The van der Waals surface area contributed by atoms with E-state index >= 15 is 0 Å². The van der Waals surface area contributed by atoms with Crippen molar-refractivity contribution in [1.82, 2.24) is 9.55 Å². The average Bonchev–Trinajstić information content (AvgIpc) is 3.14. The minimum Gasteiger partial charge on any atom is -0.306 e. The molecule has 2 aromatic carbocycles. The zero-order valence-electron chi connectivity index (χ0n) is 16.4. The van der Waals surface area contributed by atoms with Crippen molar-refractivity contribution >= 4 is 38.0 Å². The first-order valence-electron chi connectivity index (χ1n) is 9.90. The van der Waals surface area contributed by atoms with Gasteiger partial charge in [-0.05, 0) is 49.1 Å². The molecule has 7 nitrogen and oxygen atoms in total. The van der Waals surface area contributed by atoms with Gasteiger partial charge < -0.3 is 4.98 Å². The van der Waals surface area contributed by atoms with Crippen molar-refractivity contribution in [3.05, 3.63) is 86.4 Å². The summed E-state index contributed by atoms with van der Waals surface area (Å²) in [5, 5.41) is 1.89. The summed E-state index contributed by atoms with van der Waals surface area (Å²) in [6.45, 7) is 0.392. The molecule has 4 aromatic rings. The van der Waals surface area contributed by atoms with E-state index in [1.165, 1.54) is 15.8 Å². The molecule has 9 heteroatoms. The number of fused-ring (bicyclic) bond motifs is 2. The van der Waals surface area contributed by atoms with Gasteiger partial charge in [0.2, 0.25) is 0 Å². The van der Waals surface area contributed by atoms with Crippen LogP contribution >= 0.6 is 11.3 Å². The Morgan fingerprint density at radius 1 is 0.968 bits per heavy atom. The number of aromatic nitrogens is 2. The number of hydrogen-bond acceptors (Lipinski definition) is 5. The zero-order chi connectivity index (χ0) is 21.6. The molecule has 1 N–H and O–H groups in total. The average molecular weight is 454 g/mol. The second-order valence-electron chi connectivity index (χ2n) is 7.40. The third kappa shape index (κ3) is 3.30. The van der Waals surface area contributed by atoms with Crippen molar-refractivity contribution in [2.24, 2.45) is 0 Å². The minimum absolute atomic E-state index is 0.0960. The Kier molecular flexibility index (Phi) is 4.79. The second kappa shape index (κ2) is 7.51. The van der Waals surface area contributed by atoms with Crippen LogP contribution in [0.2, 0.25) is 0 Å². The monoisotopic (exact) mass is 453 g/mol. The van der Waals surface area contributed by atoms with Gasteiger partial charge in [-0.25, -0.2) is 17.8 Å². The lowest BCUT2D eigenvalue weighted by atomic mass is 10.1. The molecule has 158 valence electrons. The second-order valence-corrected chi connectivity index (χ2v) is 10.4. The van der Waals surface area contributed by atoms with Crippen LogP contribution in [-0.4, -0.2) is 24.5 Å². The van der Waals surface area contributed by atoms with Crippen molar-refractivity contribution in [1.29, 1.82) is 0 Å². The van der Waals surface area contributed by atoms with E-state index in [2.05, 4.69) is 4.98 Å². The van der Waals surface area contributed by atoms with E-state index in [4.69, 9.17) is 0 Å². The van der Waals surface area contributed by atoms with Crippen molar-refractivity contribution < 1.29 is 8.42 Å². The molecule has 1 aliphatic heterocycles. The van der Waals surface area contributed by atoms with Crippen molar-refractivity contribution in [3.63, 3.8) is 0 Å². The normalized spacial score (nSPS) is 14.4. The maximum atomic E-state index is 13.5. The lowest BCUT2D eigenvalue weighted by Gasteiger charge is -2.23. The fourth-order valence-corrected chi connectivity index (χ4v) is 6.76. The fraction of sp³-hybridized carbons (Fsp3) is 0.182. The summed E-state index contributed by atoms with van der Waals surface area (Å²) in [5.74, 6) is 0. The lowest BCUT2D eigenvalue weighted by Crippen LogP contribution is -2.33. The molecule has 0 unspecified atom stereocenters. The maximum absolute atomic E-state index is 13.5. The number of para-hydroxylation sites is 2. The number of H-pyrrole nitrogens is 1. The number of anilines is 1. The van der Waals surface area contributed by atoms with Gasteiger partial charge in [-0.1, -0.05) is 30.3 Å². The van der Waals surface area contributed by atoms with Crippen LogP contribution in [-0.2, 0) is 16.4 Å². The number of sulfonamides is 1. The summed E-state index contributed by atoms with van der Waals surface area (Å²) in [5.41, 5.74) is 1.28. The van der Waals surface area contributed by atoms with E-state index in [0.717, 1.165) is 40.7 Å². The van der Waals surface area contributed by atoms with Crippen molar-refractivity contribution in [3.8, 4) is 5.69 Å². The van der Waals surface area contributed by atoms with Crippen LogP contribution in [0.4, 0.5) is 5.69 Å². The number of nitrogens with zero attached hydrogens (tertiary/aromatic N) is 2. The molecule has 31 heavy (non-hydrogen) atoms. The van der Waals surface area contributed by atoms with Gasteiger partial charge in [0.05, 0.1) is 22.3 Å².